The van der Waals surface area contributed by atoms with E-state index in [2.05, 4.69) is 4.74 Å². The maximum absolute atomic E-state index is 13.0. The highest BCUT2D eigenvalue weighted by Crippen LogP contribution is 2.18. The summed E-state index contributed by atoms with van der Waals surface area (Å²) in [4.78, 5) is 10.4. The molecule has 1 rings (SSSR count). The summed E-state index contributed by atoms with van der Waals surface area (Å²) in [5, 5.41) is 0. The summed E-state index contributed by atoms with van der Waals surface area (Å²) in [7, 11) is 1.25. The Bertz CT molecular complexity index is 312. The summed E-state index contributed by atoms with van der Waals surface area (Å²) in [6.45, 7) is 0. The van der Waals surface area contributed by atoms with Gasteiger partial charge >= 0.3 is 0 Å². The van der Waals surface area contributed by atoms with E-state index in [1.54, 1.807) is 0 Å². The second kappa shape index (κ2) is 4.09. The van der Waals surface area contributed by atoms with E-state index in [-0.39, 0.29) is 5.56 Å². The van der Waals surface area contributed by atoms with Gasteiger partial charge in [0.05, 0.1) is 0 Å². The molecule has 0 radical (unpaired) electrons. The van der Waals surface area contributed by atoms with Gasteiger partial charge in [-0.25, -0.2) is 8.78 Å². The number of hydrogen-bond acceptors (Lipinski definition) is 2. The highest BCUT2D eigenvalue weighted by molar-refractivity contribution is 5.60. The fourth-order valence-corrected chi connectivity index (χ4v) is 0.988. The van der Waals surface area contributed by atoms with Gasteiger partial charge in [0.15, 0.2) is 6.29 Å². The van der Waals surface area contributed by atoms with Crippen LogP contribution in [0.5, 0.6) is 0 Å². The van der Waals surface area contributed by atoms with Crippen molar-refractivity contribution in [1.29, 1.82) is 0 Å². The molecule has 0 aliphatic heterocycles. The molecule has 2 nitrogen and oxygen atoms in total. The average molecular weight is 186 g/mol. The summed E-state index contributed by atoms with van der Waals surface area (Å²) in [6.07, 6.45) is -0.631. The van der Waals surface area contributed by atoms with E-state index < -0.39 is 17.7 Å². The third-order valence-corrected chi connectivity index (χ3v) is 1.64. The number of methoxy groups -OCH3 is 1. The predicted octanol–water partition coefficient (Wildman–Crippen LogP) is 1.85. The number of hydrogen-bond donors (Lipinski definition) is 0. The van der Waals surface area contributed by atoms with Crippen LogP contribution >= 0.6 is 0 Å². The second-order valence-electron chi connectivity index (χ2n) is 2.46. The van der Waals surface area contributed by atoms with Crippen molar-refractivity contribution in [1.82, 2.24) is 0 Å². The van der Waals surface area contributed by atoms with Crippen LogP contribution in [0, 0.1) is 11.6 Å². The molecule has 0 amide bonds. The zero-order chi connectivity index (χ0) is 9.84. The van der Waals surface area contributed by atoms with Gasteiger partial charge < -0.3 is 9.53 Å². The van der Waals surface area contributed by atoms with Crippen LogP contribution in [0.1, 0.15) is 11.7 Å². The Labute approximate surface area is 74.1 Å². The molecule has 0 heterocycles. The molecule has 13 heavy (non-hydrogen) atoms. The Morgan fingerprint density at radius 3 is 2.69 bits per heavy atom. The minimum absolute atomic E-state index is 0.0856. The van der Waals surface area contributed by atoms with Crippen molar-refractivity contribution in [3.63, 3.8) is 0 Å². The van der Waals surface area contributed by atoms with Gasteiger partial charge in [-0.1, -0.05) is 0 Å². The van der Waals surface area contributed by atoms with Gasteiger partial charge in [0.1, 0.15) is 17.7 Å². The first-order valence-corrected chi connectivity index (χ1v) is 3.62. The second-order valence-corrected chi connectivity index (χ2v) is 2.46. The molecule has 1 atom stereocenters. The molecule has 0 fully saturated rings. The minimum Gasteiger partial charge on any atom is -0.369 e. The molecule has 70 valence electrons. The van der Waals surface area contributed by atoms with E-state index in [9.17, 15) is 13.6 Å². The van der Waals surface area contributed by atoms with Crippen LogP contribution in [0.4, 0.5) is 8.78 Å². The van der Waals surface area contributed by atoms with Gasteiger partial charge in [0.25, 0.3) is 0 Å². The largest absolute Gasteiger partial charge is 0.369 e. The van der Waals surface area contributed by atoms with E-state index in [4.69, 9.17) is 0 Å². The number of halogens is 2. The van der Waals surface area contributed by atoms with Crippen molar-refractivity contribution in [3.8, 4) is 0 Å². The Morgan fingerprint density at radius 1 is 1.46 bits per heavy atom. The van der Waals surface area contributed by atoms with E-state index in [0.29, 0.717) is 6.29 Å². The normalized spacial score (nSPS) is 12.5. The molecule has 1 aromatic carbocycles. The molecule has 0 N–H and O–H groups in total. The van der Waals surface area contributed by atoms with Crippen molar-refractivity contribution in [2.45, 2.75) is 6.10 Å². The quantitative estimate of drug-likeness (QED) is 0.673. The lowest BCUT2D eigenvalue weighted by atomic mass is 10.1. The molecular weight excluding hydrogens is 178 g/mol. The van der Waals surface area contributed by atoms with Crippen LogP contribution in [-0.2, 0) is 9.53 Å². The van der Waals surface area contributed by atoms with Crippen molar-refractivity contribution in [2.24, 2.45) is 0 Å². The van der Waals surface area contributed by atoms with Gasteiger partial charge in [-0.2, -0.15) is 0 Å². The molecule has 1 unspecified atom stereocenters. The molecule has 0 saturated carbocycles. The summed E-state index contributed by atoms with van der Waals surface area (Å²) in [6, 6.07) is 2.88. The molecule has 4 heteroatoms. The monoisotopic (exact) mass is 186 g/mol. The van der Waals surface area contributed by atoms with Crippen LogP contribution in [0.3, 0.4) is 0 Å². The fourth-order valence-electron chi connectivity index (χ4n) is 0.988. The molecule has 1 aromatic rings. The summed E-state index contributed by atoms with van der Waals surface area (Å²) < 4.78 is 30.3. The van der Waals surface area contributed by atoms with Crippen molar-refractivity contribution in [3.05, 3.63) is 35.4 Å². The summed E-state index contributed by atoms with van der Waals surface area (Å²) in [5.74, 6) is -1.25. The van der Waals surface area contributed by atoms with Gasteiger partial charge in [-0.3, -0.25) is 0 Å². The lowest BCUT2D eigenvalue weighted by molar-refractivity contribution is -0.116. The van der Waals surface area contributed by atoms with Crippen LogP contribution in [-0.4, -0.2) is 13.4 Å². The standard InChI is InChI=1S/C9H8F2O2/c1-13-9(5-12)7-4-6(10)2-3-8(7)11/h2-5,9H,1H3. The van der Waals surface area contributed by atoms with Crippen molar-refractivity contribution < 1.29 is 18.3 Å². The highest BCUT2D eigenvalue weighted by atomic mass is 19.1. The molecular formula is C9H8F2O2. The maximum atomic E-state index is 13.0. The fraction of sp³-hybridized carbons (Fsp3) is 0.222. The van der Waals surface area contributed by atoms with Crippen LogP contribution < -0.4 is 0 Å². The first kappa shape index (κ1) is 9.80. The first-order valence-electron chi connectivity index (χ1n) is 3.62. The Balaban J connectivity index is 3.10. The maximum Gasteiger partial charge on any atom is 0.153 e. The van der Waals surface area contributed by atoms with E-state index >= 15 is 0 Å². The average Bonchev–Trinajstić information content (AvgIpc) is 2.13. The summed E-state index contributed by atoms with van der Waals surface area (Å²) in [5.41, 5.74) is -0.0856. The predicted molar refractivity (Wildman–Crippen MR) is 42.2 cm³/mol. The molecule has 0 aliphatic carbocycles. The zero-order valence-corrected chi connectivity index (χ0v) is 6.96. The molecule has 0 spiro atoms. The lowest BCUT2D eigenvalue weighted by Gasteiger charge is -2.08. The Hall–Kier alpha value is -1.29. The SMILES string of the molecule is COC(C=O)c1cc(F)ccc1F. The Kier molecular flexibility index (Phi) is 3.08. The van der Waals surface area contributed by atoms with Gasteiger partial charge in [0, 0.05) is 12.7 Å². The third-order valence-electron chi connectivity index (χ3n) is 1.64. The molecule has 0 aliphatic rings. The first-order chi connectivity index (χ1) is 6.19. The number of carbonyl (C=O) groups is 1. The molecule has 0 aromatic heterocycles. The number of carbonyl (C=O) groups excluding carboxylic acids is 1. The molecule has 0 saturated heterocycles. The van der Waals surface area contributed by atoms with Crippen LogP contribution in [0.2, 0.25) is 0 Å². The third kappa shape index (κ3) is 2.09. The van der Waals surface area contributed by atoms with Crippen molar-refractivity contribution >= 4 is 6.29 Å². The van der Waals surface area contributed by atoms with E-state index in [1.165, 1.54) is 7.11 Å². The lowest BCUT2D eigenvalue weighted by Crippen LogP contribution is -2.05. The van der Waals surface area contributed by atoms with Gasteiger partial charge in [-0.15, -0.1) is 0 Å². The number of aldehydes is 1. The number of benzene rings is 1. The van der Waals surface area contributed by atoms with Crippen LogP contribution in [0.15, 0.2) is 18.2 Å². The number of rotatable bonds is 3. The van der Waals surface area contributed by atoms with Crippen LogP contribution in [0.25, 0.3) is 0 Å². The summed E-state index contributed by atoms with van der Waals surface area (Å²) >= 11 is 0. The smallest absolute Gasteiger partial charge is 0.153 e. The zero-order valence-electron chi connectivity index (χ0n) is 6.96. The van der Waals surface area contributed by atoms with E-state index in [1.807, 2.05) is 0 Å². The highest BCUT2D eigenvalue weighted by Gasteiger charge is 2.14. The topological polar surface area (TPSA) is 26.3 Å². The Morgan fingerprint density at radius 2 is 2.15 bits per heavy atom. The molecule has 0 bridgehead atoms. The van der Waals surface area contributed by atoms with Gasteiger partial charge in [-0.05, 0) is 18.2 Å². The number of ether oxygens (including phenoxy) is 1. The minimum atomic E-state index is -1.05. The van der Waals surface area contributed by atoms with E-state index in [0.717, 1.165) is 18.2 Å². The van der Waals surface area contributed by atoms with Gasteiger partial charge in [0.2, 0.25) is 0 Å². The van der Waals surface area contributed by atoms with Crippen molar-refractivity contribution in [2.75, 3.05) is 7.11 Å².